The molecule has 0 aromatic heterocycles. The third-order valence-electron chi connectivity index (χ3n) is 3.00. The number of esters is 1. The van der Waals surface area contributed by atoms with Gasteiger partial charge in [-0.3, -0.25) is 4.79 Å². The van der Waals surface area contributed by atoms with Crippen molar-refractivity contribution < 1.29 is 14.6 Å². The molecule has 1 aromatic rings. The summed E-state index contributed by atoms with van der Waals surface area (Å²) in [4.78, 5) is 11.8. The Labute approximate surface area is 121 Å². The molecule has 1 aromatic carbocycles. The number of hydrogen-bond acceptors (Lipinski definition) is 3. The van der Waals surface area contributed by atoms with Crippen molar-refractivity contribution in [3.8, 4) is 17.6 Å². The molecule has 0 bridgehead atoms. The van der Waals surface area contributed by atoms with Crippen molar-refractivity contribution in [3.63, 3.8) is 0 Å². The van der Waals surface area contributed by atoms with Gasteiger partial charge in [-0.15, -0.1) is 5.92 Å². The molecular formula is C17H22O3. The summed E-state index contributed by atoms with van der Waals surface area (Å²) in [6.07, 6.45) is 3.34. The van der Waals surface area contributed by atoms with Gasteiger partial charge >= 0.3 is 5.97 Å². The van der Waals surface area contributed by atoms with Crippen LogP contribution in [-0.2, 0) is 9.53 Å². The van der Waals surface area contributed by atoms with E-state index in [-0.39, 0.29) is 24.1 Å². The van der Waals surface area contributed by atoms with Crippen molar-refractivity contribution in [2.45, 2.75) is 45.4 Å². The zero-order valence-electron chi connectivity index (χ0n) is 12.2. The molecule has 0 fully saturated rings. The smallest absolute Gasteiger partial charge is 0.307 e. The van der Waals surface area contributed by atoms with Crippen LogP contribution in [0.5, 0.6) is 5.75 Å². The molecule has 0 spiro atoms. The van der Waals surface area contributed by atoms with E-state index in [1.165, 1.54) is 0 Å². The molecule has 0 saturated carbocycles. The van der Waals surface area contributed by atoms with Crippen LogP contribution in [0.3, 0.4) is 0 Å². The first-order valence-corrected chi connectivity index (χ1v) is 7.04. The van der Waals surface area contributed by atoms with E-state index in [9.17, 15) is 9.90 Å². The molecule has 1 rings (SSSR count). The molecule has 0 unspecified atom stereocenters. The van der Waals surface area contributed by atoms with E-state index < -0.39 is 0 Å². The number of carbonyl (C=O) groups is 1. The van der Waals surface area contributed by atoms with Crippen LogP contribution in [0.2, 0.25) is 0 Å². The second-order valence-electron chi connectivity index (χ2n) is 4.67. The van der Waals surface area contributed by atoms with E-state index in [1.807, 2.05) is 0 Å². The standard InChI is InChI=1S/C17H22O3/c1-3-5-6-12-20-17(19)13-15(7-4-2)14-8-10-16(18)11-9-14/h8-11,15,18H,3,5-6,12-13H2,1-2H3/t15-/m0/s1. The molecule has 108 valence electrons. The number of unbranched alkanes of at least 4 members (excludes halogenated alkanes) is 2. The molecule has 0 heterocycles. The average Bonchev–Trinajstić information content (AvgIpc) is 2.44. The van der Waals surface area contributed by atoms with Gasteiger partial charge in [0.15, 0.2) is 0 Å². The summed E-state index contributed by atoms with van der Waals surface area (Å²) >= 11 is 0. The minimum atomic E-state index is -0.220. The van der Waals surface area contributed by atoms with Crippen LogP contribution in [0.25, 0.3) is 0 Å². The minimum Gasteiger partial charge on any atom is -0.508 e. The molecule has 20 heavy (non-hydrogen) atoms. The van der Waals surface area contributed by atoms with Crippen LogP contribution in [0.15, 0.2) is 24.3 Å². The predicted octanol–water partition coefficient (Wildman–Crippen LogP) is 3.62. The molecule has 3 nitrogen and oxygen atoms in total. The van der Waals surface area contributed by atoms with Gasteiger partial charge in [-0.05, 0) is 31.0 Å². The normalized spacial score (nSPS) is 11.3. The predicted molar refractivity (Wildman–Crippen MR) is 79.4 cm³/mol. The van der Waals surface area contributed by atoms with Gasteiger partial charge < -0.3 is 9.84 Å². The summed E-state index contributed by atoms with van der Waals surface area (Å²) in [5.41, 5.74) is 0.919. The van der Waals surface area contributed by atoms with Gasteiger partial charge in [0.25, 0.3) is 0 Å². The number of benzene rings is 1. The first-order chi connectivity index (χ1) is 9.67. The lowest BCUT2D eigenvalue weighted by Crippen LogP contribution is -2.10. The number of rotatable bonds is 7. The quantitative estimate of drug-likeness (QED) is 0.469. The number of ether oxygens (including phenoxy) is 1. The van der Waals surface area contributed by atoms with Crippen molar-refractivity contribution in [3.05, 3.63) is 29.8 Å². The zero-order chi connectivity index (χ0) is 14.8. The van der Waals surface area contributed by atoms with Crippen LogP contribution < -0.4 is 0 Å². The van der Waals surface area contributed by atoms with Gasteiger partial charge in [0.1, 0.15) is 5.75 Å². The highest BCUT2D eigenvalue weighted by molar-refractivity contribution is 5.71. The highest BCUT2D eigenvalue weighted by Gasteiger charge is 2.14. The molecule has 0 aliphatic rings. The Morgan fingerprint density at radius 1 is 1.30 bits per heavy atom. The lowest BCUT2D eigenvalue weighted by atomic mass is 9.96. The average molecular weight is 274 g/mol. The minimum absolute atomic E-state index is 0.181. The maximum Gasteiger partial charge on any atom is 0.307 e. The Kier molecular flexibility index (Phi) is 7.27. The van der Waals surface area contributed by atoms with Crippen LogP contribution in [-0.4, -0.2) is 17.7 Å². The van der Waals surface area contributed by atoms with Gasteiger partial charge in [0.05, 0.1) is 18.9 Å². The third-order valence-corrected chi connectivity index (χ3v) is 3.00. The zero-order valence-corrected chi connectivity index (χ0v) is 12.2. The van der Waals surface area contributed by atoms with Crippen LogP contribution in [0.1, 0.15) is 51.0 Å². The Hall–Kier alpha value is -1.95. The molecule has 0 radical (unpaired) electrons. The van der Waals surface area contributed by atoms with Gasteiger partial charge in [-0.1, -0.05) is 37.8 Å². The van der Waals surface area contributed by atoms with Crippen LogP contribution in [0, 0.1) is 11.8 Å². The topological polar surface area (TPSA) is 46.5 Å². The lowest BCUT2D eigenvalue weighted by Gasteiger charge is -2.11. The van der Waals surface area contributed by atoms with Gasteiger partial charge in [0.2, 0.25) is 0 Å². The van der Waals surface area contributed by atoms with Crippen LogP contribution in [0.4, 0.5) is 0 Å². The summed E-state index contributed by atoms with van der Waals surface area (Å²) in [5.74, 6) is 5.67. The maximum absolute atomic E-state index is 11.8. The fourth-order valence-corrected chi connectivity index (χ4v) is 1.90. The van der Waals surface area contributed by atoms with Crippen LogP contribution >= 0.6 is 0 Å². The number of phenols is 1. The first-order valence-electron chi connectivity index (χ1n) is 7.04. The monoisotopic (exact) mass is 274 g/mol. The summed E-state index contributed by atoms with van der Waals surface area (Å²) in [7, 11) is 0. The first kappa shape index (κ1) is 16.1. The molecule has 1 N–H and O–H groups in total. The molecule has 1 atom stereocenters. The highest BCUT2D eigenvalue weighted by atomic mass is 16.5. The van der Waals surface area contributed by atoms with Crippen molar-refractivity contribution >= 4 is 5.97 Å². The van der Waals surface area contributed by atoms with Crippen molar-refractivity contribution in [1.29, 1.82) is 0 Å². The molecule has 3 heteroatoms. The second kappa shape index (κ2) is 9.03. The highest BCUT2D eigenvalue weighted by Crippen LogP contribution is 2.22. The summed E-state index contributed by atoms with van der Waals surface area (Å²) < 4.78 is 5.21. The Balaban J connectivity index is 2.56. The van der Waals surface area contributed by atoms with Gasteiger partial charge in [0, 0.05) is 0 Å². The van der Waals surface area contributed by atoms with Gasteiger partial charge in [-0.25, -0.2) is 0 Å². The second-order valence-corrected chi connectivity index (χ2v) is 4.67. The largest absolute Gasteiger partial charge is 0.508 e. The van der Waals surface area contributed by atoms with E-state index in [2.05, 4.69) is 18.8 Å². The number of aromatic hydroxyl groups is 1. The summed E-state index contributed by atoms with van der Waals surface area (Å²) in [5, 5.41) is 9.29. The third kappa shape index (κ3) is 5.79. The lowest BCUT2D eigenvalue weighted by molar-refractivity contribution is -0.143. The van der Waals surface area contributed by atoms with E-state index in [4.69, 9.17) is 4.74 Å². The number of carbonyl (C=O) groups excluding carboxylic acids is 1. The van der Waals surface area contributed by atoms with E-state index in [1.54, 1.807) is 31.2 Å². The Morgan fingerprint density at radius 2 is 2.00 bits per heavy atom. The van der Waals surface area contributed by atoms with E-state index in [0.29, 0.717) is 6.61 Å². The number of hydrogen-bond donors (Lipinski definition) is 1. The van der Waals surface area contributed by atoms with E-state index in [0.717, 1.165) is 24.8 Å². The molecule has 0 amide bonds. The summed E-state index contributed by atoms with van der Waals surface area (Å²) in [6.45, 7) is 4.34. The molecule has 0 aliphatic carbocycles. The Bertz CT molecular complexity index is 465. The fourth-order valence-electron chi connectivity index (χ4n) is 1.90. The summed E-state index contributed by atoms with van der Waals surface area (Å²) in [6, 6.07) is 6.78. The number of phenolic OH excluding ortho intramolecular Hbond substituents is 1. The SMILES string of the molecule is CC#C[C@@H](CC(=O)OCCCCC)c1ccc(O)cc1. The fraction of sp³-hybridized carbons (Fsp3) is 0.471. The maximum atomic E-state index is 11.8. The Morgan fingerprint density at radius 3 is 2.60 bits per heavy atom. The van der Waals surface area contributed by atoms with Crippen molar-refractivity contribution in [2.75, 3.05) is 6.61 Å². The van der Waals surface area contributed by atoms with E-state index >= 15 is 0 Å². The van der Waals surface area contributed by atoms with Crippen molar-refractivity contribution in [2.24, 2.45) is 0 Å². The van der Waals surface area contributed by atoms with Gasteiger partial charge in [-0.2, -0.15) is 0 Å². The molecular weight excluding hydrogens is 252 g/mol. The molecule has 0 saturated heterocycles. The molecule has 0 aliphatic heterocycles. The van der Waals surface area contributed by atoms with Crippen molar-refractivity contribution in [1.82, 2.24) is 0 Å².